The van der Waals surface area contributed by atoms with E-state index in [1.54, 1.807) is 19.1 Å². The number of anilines is 1. The lowest BCUT2D eigenvalue weighted by molar-refractivity contribution is -0.137. The van der Waals surface area contributed by atoms with Crippen molar-refractivity contribution in [1.29, 1.82) is 0 Å². The SMILES string of the molecule is Cc1c(C=O)c(=O)oc2cccc(NCCCCCC(=O)O)c12. The Balaban J connectivity index is 2.13. The Bertz CT molecular complexity index is 778. The number of carboxylic acids is 1. The first-order valence-electron chi connectivity index (χ1n) is 7.52. The number of fused-ring (bicyclic) bond motifs is 1. The molecular weight excluding hydrogens is 298 g/mol. The molecule has 0 bridgehead atoms. The van der Waals surface area contributed by atoms with Crippen LogP contribution in [0, 0.1) is 6.92 Å². The predicted molar refractivity (Wildman–Crippen MR) is 87.2 cm³/mol. The van der Waals surface area contributed by atoms with E-state index < -0.39 is 11.6 Å². The third-order valence-electron chi connectivity index (χ3n) is 3.73. The summed E-state index contributed by atoms with van der Waals surface area (Å²) in [5.74, 6) is -0.779. The lowest BCUT2D eigenvalue weighted by Crippen LogP contribution is -2.10. The van der Waals surface area contributed by atoms with Gasteiger partial charge in [0, 0.05) is 24.0 Å². The van der Waals surface area contributed by atoms with Crippen molar-refractivity contribution in [1.82, 2.24) is 0 Å². The monoisotopic (exact) mass is 317 g/mol. The largest absolute Gasteiger partial charge is 0.481 e. The molecule has 23 heavy (non-hydrogen) atoms. The number of aldehydes is 1. The van der Waals surface area contributed by atoms with Crippen LogP contribution in [0.2, 0.25) is 0 Å². The minimum atomic E-state index is -0.779. The van der Waals surface area contributed by atoms with Gasteiger partial charge in [-0.25, -0.2) is 4.79 Å². The standard InChI is InChI=1S/C17H19NO5/c1-11-12(10-19)17(22)23-14-7-5-6-13(16(11)14)18-9-4-2-3-8-15(20)21/h5-7,10,18H,2-4,8-9H2,1H3,(H,20,21). The van der Waals surface area contributed by atoms with Crippen molar-refractivity contribution in [3.05, 3.63) is 39.7 Å². The Labute approximate surface area is 133 Å². The summed E-state index contributed by atoms with van der Waals surface area (Å²) in [4.78, 5) is 33.2. The molecule has 0 fully saturated rings. The molecule has 6 heteroatoms. The highest BCUT2D eigenvalue weighted by molar-refractivity contribution is 5.96. The average Bonchev–Trinajstić information content (AvgIpc) is 2.50. The van der Waals surface area contributed by atoms with Gasteiger partial charge in [-0.05, 0) is 37.5 Å². The van der Waals surface area contributed by atoms with Gasteiger partial charge in [0.2, 0.25) is 0 Å². The van der Waals surface area contributed by atoms with Crippen molar-refractivity contribution in [2.45, 2.75) is 32.6 Å². The van der Waals surface area contributed by atoms with Crippen molar-refractivity contribution >= 4 is 28.9 Å². The molecule has 0 aliphatic rings. The van der Waals surface area contributed by atoms with Gasteiger partial charge in [0.25, 0.3) is 0 Å². The highest BCUT2D eigenvalue weighted by atomic mass is 16.4. The summed E-state index contributed by atoms with van der Waals surface area (Å²) in [6.45, 7) is 2.40. The van der Waals surface area contributed by atoms with Crippen LogP contribution in [0.25, 0.3) is 11.0 Å². The van der Waals surface area contributed by atoms with Crippen LogP contribution in [0.5, 0.6) is 0 Å². The molecule has 0 aliphatic heterocycles. The predicted octanol–water partition coefficient (Wildman–Crippen LogP) is 2.97. The molecule has 122 valence electrons. The number of carbonyl (C=O) groups is 2. The molecule has 1 aromatic heterocycles. The van der Waals surface area contributed by atoms with E-state index in [0.29, 0.717) is 30.4 Å². The Kier molecular flexibility index (Phi) is 5.51. The zero-order chi connectivity index (χ0) is 16.8. The van der Waals surface area contributed by atoms with E-state index in [0.717, 1.165) is 23.9 Å². The number of carbonyl (C=O) groups excluding carboxylic acids is 1. The molecule has 1 aromatic carbocycles. The maximum atomic E-state index is 11.7. The van der Waals surface area contributed by atoms with Crippen LogP contribution < -0.4 is 10.9 Å². The number of rotatable bonds is 8. The molecule has 6 nitrogen and oxygen atoms in total. The Morgan fingerprint density at radius 2 is 2.09 bits per heavy atom. The second-order valence-electron chi connectivity index (χ2n) is 5.36. The van der Waals surface area contributed by atoms with Gasteiger partial charge in [0.15, 0.2) is 6.29 Å². The van der Waals surface area contributed by atoms with Crippen molar-refractivity contribution < 1.29 is 19.1 Å². The molecular formula is C17H19NO5. The van der Waals surface area contributed by atoms with Crippen molar-refractivity contribution in [3.8, 4) is 0 Å². The summed E-state index contributed by atoms with van der Waals surface area (Å²) in [5.41, 5.74) is 1.24. The number of aliphatic carboxylic acids is 1. The fourth-order valence-corrected chi connectivity index (χ4v) is 2.53. The molecule has 0 radical (unpaired) electrons. The fourth-order valence-electron chi connectivity index (χ4n) is 2.53. The number of unbranched alkanes of at least 4 members (excludes halogenated alkanes) is 2. The van der Waals surface area contributed by atoms with Gasteiger partial charge in [-0.3, -0.25) is 9.59 Å². The van der Waals surface area contributed by atoms with E-state index in [2.05, 4.69) is 5.32 Å². The fraction of sp³-hybridized carbons (Fsp3) is 0.353. The van der Waals surface area contributed by atoms with E-state index in [9.17, 15) is 14.4 Å². The molecule has 0 saturated carbocycles. The van der Waals surface area contributed by atoms with Crippen molar-refractivity contribution in [3.63, 3.8) is 0 Å². The van der Waals surface area contributed by atoms with Crippen LogP contribution in [-0.2, 0) is 4.79 Å². The van der Waals surface area contributed by atoms with Crippen LogP contribution in [0.1, 0.15) is 41.6 Å². The van der Waals surface area contributed by atoms with Crippen molar-refractivity contribution in [2.75, 3.05) is 11.9 Å². The van der Waals surface area contributed by atoms with Crippen LogP contribution in [0.4, 0.5) is 5.69 Å². The smallest absolute Gasteiger partial charge is 0.347 e. The minimum Gasteiger partial charge on any atom is -0.481 e. The lowest BCUT2D eigenvalue weighted by Gasteiger charge is -2.11. The van der Waals surface area contributed by atoms with E-state index in [4.69, 9.17) is 9.52 Å². The molecule has 0 unspecified atom stereocenters. The quantitative estimate of drug-likeness (QED) is 0.441. The molecule has 0 aliphatic carbocycles. The second kappa shape index (κ2) is 7.58. The van der Waals surface area contributed by atoms with Gasteiger partial charge in [0.1, 0.15) is 11.1 Å². The minimum absolute atomic E-state index is 0.0354. The summed E-state index contributed by atoms with van der Waals surface area (Å²) in [7, 11) is 0. The number of nitrogens with one attached hydrogen (secondary N) is 1. The first-order chi connectivity index (χ1) is 11.0. The summed E-state index contributed by atoms with van der Waals surface area (Å²) in [6.07, 6.45) is 3.00. The molecule has 0 atom stereocenters. The van der Waals surface area contributed by atoms with E-state index >= 15 is 0 Å². The zero-order valence-electron chi connectivity index (χ0n) is 12.9. The summed E-state index contributed by atoms with van der Waals surface area (Å²) in [5, 5.41) is 12.6. The number of hydrogen-bond donors (Lipinski definition) is 2. The van der Waals surface area contributed by atoms with E-state index in [1.165, 1.54) is 0 Å². The van der Waals surface area contributed by atoms with Crippen LogP contribution in [0.3, 0.4) is 0 Å². The maximum absolute atomic E-state index is 11.7. The summed E-state index contributed by atoms with van der Waals surface area (Å²) in [6, 6.07) is 5.33. The number of benzene rings is 1. The second-order valence-corrected chi connectivity index (χ2v) is 5.36. The summed E-state index contributed by atoms with van der Waals surface area (Å²) >= 11 is 0. The van der Waals surface area contributed by atoms with Crippen LogP contribution >= 0.6 is 0 Å². The molecule has 2 rings (SSSR count). The number of aryl methyl sites for hydroxylation is 1. The van der Waals surface area contributed by atoms with Gasteiger partial charge in [0.05, 0.1) is 0 Å². The van der Waals surface area contributed by atoms with Gasteiger partial charge in [-0.15, -0.1) is 0 Å². The first kappa shape index (κ1) is 16.7. The molecule has 1 heterocycles. The zero-order valence-corrected chi connectivity index (χ0v) is 12.9. The normalized spacial score (nSPS) is 10.7. The van der Waals surface area contributed by atoms with Crippen molar-refractivity contribution in [2.24, 2.45) is 0 Å². The Hall–Kier alpha value is -2.63. The lowest BCUT2D eigenvalue weighted by atomic mass is 10.0. The van der Waals surface area contributed by atoms with Crippen LogP contribution in [0.15, 0.2) is 27.4 Å². The van der Waals surface area contributed by atoms with E-state index in [1.807, 2.05) is 6.07 Å². The highest BCUT2D eigenvalue weighted by Gasteiger charge is 2.13. The highest BCUT2D eigenvalue weighted by Crippen LogP contribution is 2.27. The molecule has 2 N–H and O–H groups in total. The Morgan fingerprint density at radius 1 is 1.30 bits per heavy atom. The molecule has 2 aromatic rings. The molecule has 0 spiro atoms. The molecule has 0 saturated heterocycles. The molecule has 0 amide bonds. The van der Waals surface area contributed by atoms with Gasteiger partial charge in [-0.2, -0.15) is 0 Å². The maximum Gasteiger partial charge on any atom is 0.347 e. The average molecular weight is 317 g/mol. The first-order valence-corrected chi connectivity index (χ1v) is 7.52. The van der Waals surface area contributed by atoms with Gasteiger partial charge >= 0.3 is 11.6 Å². The Morgan fingerprint density at radius 3 is 2.78 bits per heavy atom. The van der Waals surface area contributed by atoms with Gasteiger partial charge in [-0.1, -0.05) is 12.5 Å². The summed E-state index contributed by atoms with van der Waals surface area (Å²) < 4.78 is 5.18. The third-order valence-corrected chi connectivity index (χ3v) is 3.73. The third kappa shape index (κ3) is 3.97. The number of hydrogen-bond acceptors (Lipinski definition) is 5. The number of carboxylic acid groups (broad SMARTS) is 1. The van der Waals surface area contributed by atoms with Crippen LogP contribution in [-0.4, -0.2) is 23.9 Å². The van der Waals surface area contributed by atoms with Gasteiger partial charge < -0.3 is 14.8 Å². The topological polar surface area (TPSA) is 96.6 Å². The van der Waals surface area contributed by atoms with E-state index in [-0.39, 0.29) is 12.0 Å².